The lowest BCUT2D eigenvalue weighted by molar-refractivity contribution is 0.102. The molecule has 0 unspecified atom stereocenters. The van der Waals surface area contributed by atoms with Crippen LogP contribution in [0.4, 0.5) is 5.69 Å². The Bertz CT molecular complexity index is 1160. The predicted molar refractivity (Wildman–Crippen MR) is 114 cm³/mol. The van der Waals surface area contributed by atoms with Crippen LogP contribution in [0.3, 0.4) is 0 Å². The van der Waals surface area contributed by atoms with E-state index in [0.717, 1.165) is 24.2 Å². The second-order valence-corrected chi connectivity index (χ2v) is 6.87. The number of aryl methyl sites for hydroxylation is 2. The van der Waals surface area contributed by atoms with E-state index in [9.17, 15) is 14.4 Å². The van der Waals surface area contributed by atoms with E-state index in [1.54, 1.807) is 25.1 Å². The molecule has 2 aromatic carbocycles. The molecule has 1 amide bonds. The second-order valence-electron chi connectivity index (χ2n) is 6.87. The number of aromatic amines is 1. The minimum absolute atomic E-state index is 0.301. The van der Waals surface area contributed by atoms with Gasteiger partial charge in [0.15, 0.2) is 0 Å². The highest BCUT2D eigenvalue weighted by atomic mass is 16.5. The minimum atomic E-state index is -0.702. The lowest BCUT2D eigenvalue weighted by atomic mass is 10.1. The molecule has 0 saturated carbocycles. The van der Waals surface area contributed by atoms with Crippen molar-refractivity contribution in [3.05, 3.63) is 68.2 Å². The van der Waals surface area contributed by atoms with Gasteiger partial charge in [-0.3, -0.25) is 14.4 Å². The number of aromatic nitrogens is 2. The van der Waals surface area contributed by atoms with Crippen LogP contribution in [-0.4, -0.2) is 22.1 Å². The van der Waals surface area contributed by atoms with Crippen molar-refractivity contribution in [1.82, 2.24) is 9.55 Å². The maximum Gasteiger partial charge on any atom is 0.316 e. The third-order valence-electron chi connectivity index (χ3n) is 4.77. The first-order valence-electron chi connectivity index (χ1n) is 9.76. The zero-order valence-electron chi connectivity index (χ0n) is 16.9. The number of carbonyl (C=O) groups is 1. The van der Waals surface area contributed by atoms with Crippen LogP contribution in [0.1, 0.15) is 42.6 Å². The average Bonchev–Trinajstić information content (AvgIpc) is 2.70. The van der Waals surface area contributed by atoms with E-state index in [1.807, 2.05) is 25.1 Å². The topological polar surface area (TPSA) is 93.2 Å². The Morgan fingerprint density at radius 2 is 1.93 bits per heavy atom. The van der Waals surface area contributed by atoms with Gasteiger partial charge in [0.2, 0.25) is 0 Å². The van der Waals surface area contributed by atoms with E-state index in [4.69, 9.17) is 4.74 Å². The van der Waals surface area contributed by atoms with E-state index in [1.165, 1.54) is 4.57 Å². The molecule has 0 aliphatic carbocycles. The highest BCUT2D eigenvalue weighted by Crippen LogP contribution is 2.22. The summed E-state index contributed by atoms with van der Waals surface area (Å²) in [6.45, 7) is 6.84. The zero-order chi connectivity index (χ0) is 21.0. The van der Waals surface area contributed by atoms with Gasteiger partial charge in [0.25, 0.3) is 5.91 Å². The summed E-state index contributed by atoms with van der Waals surface area (Å²) < 4.78 is 7.07. The molecule has 29 heavy (non-hydrogen) atoms. The van der Waals surface area contributed by atoms with Crippen molar-refractivity contribution >= 4 is 22.6 Å². The summed E-state index contributed by atoms with van der Waals surface area (Å²) in [5.41, 5.74) is 1.68. The SMILES string of the molecule is CCCCOc1ccc(NC(=O)c2ccc3c(c2)[nH]c(=O)c(=O)n3CC)c(C)c1. The lowest BCUT2D eigenvalue weighted by Gasteiger charge is -2.12. The Kier molecular flexibility index (Phi) is 6.16. The Morgan fingerprint density at radius 3 is 2.62 bits per heavy atom. The fourth-order valence-corrected chi connectivity index (χ4v) is 3.13. The van der Waals surface area contributed by atoms with Crippen molar-refractivity contribution in [3.63, 3.8) is 0 Å². The molecule has 7 nitrogen and oxygen atoms in total. The molecule has 3 rings (SSSR count). The number of nitrogens with zero attached hydrogens (tertiary/aromatic N) is 1. The van der Waals surface area contributed by atoms with Crippen molar-refractivity contribution in [1.29, 1.82) is 0 Å². The van der Waals surface area contributed by atoms with E-state index < -0.39 is 11.1 Å². The number of hydrogen-bond acceptors (Lipinski definition) is 4. The summed E-state index contributed by atoms with van der Waals surface area (Å²) in [7, 11) is 0. The number of rotatable bonds is 7. The fraction of sp³-hybridized carbons (Fsp3) is 0.318. The molecular formula is C22H25N3O4. The summed E-state index contributed by atoms with van der Waals surface area (Å²) in [6, 6.07) is 10.4. The maximum atomic E-state index is 12.7. The van der Waals surface area contributed by atoms with Crippen molar-refractivity contribution < 1.29 is 9.53 Å². The number of fused-ring (bicyclic) bond motifs is 1. The van der Waals surface area contributed by atoms with Gasteiger partial charge in [-0.1, -0.05) is 13.3 Å². The van der Waals surface area contributed by atoms with Crippen molar-refractivity contribution in [2.24, 2.45) is 0 Å². The van der Waals surface area contributed by atoms with E-state index in [2.05, 4.69) is 17.2 Å². The molecule has 0 radical (unpaired) electrons. The summed E-state index contributed by atoms with van der Waals surface area (Å²) in [6.07, 6.45) is 2.06. The number of anilines is 1. The van der Waals surface area contributed by atoms with Gasteiger partial charge < -0.3 is 19.6 Å². The lowest BCUT2D eigenvalue weighted by Crippen LogP contribution is -2.36. The number of H-pyrrole nitrogens is 1. The van der Waals surface area contributed by atoms with Crippen molar-refractivity contribution in [3.8, 4) is 5.75 Å². The summed E-state index contributed by atoms with van der Waals surface area (Å²) in [4.78, 5) is 39.1. The third kappa shape index (κ3) is 4.39. The first-order chi connectivity index (χ1) is 13.9. The molecule has 7 heteroatoms. The number of amides is 1. The zero-order valence-corrected chi connectivity index (χ0v) is 16.9. The Hall–Kier alpha value is -3.35. The second kappa shape index (κ2) is 8.77. The van der Waals surface area contributed by atoms with Gasteiger partial charge in [-0.15, -0.1) is 0 Å². The third-order valence-corrected chi connectivity index (χ3v) is 4.77. The van der Waals surface area contributed by atoms with Crippen LogP contribution in [-0.2, 0) is 6.54 Å². The van der Waals surface area contributed by atoms with Gasteiger partial charge in [-0.2, -0.15) is 0 Å². The molecule has 1 heterocycles. The summed E-state index contributed by atoms with van der Waals surface area (Å²) in [5.74, 6) is 0.472. The molecule has 0 saturated heterocycles. The Balaban J connectivity index is 1.84. The molecule has 2 N–H and O–H groups in total. The normalized spacial score (nSPS) is 10.9. The summed E-state index contributed by atoms with van der Waals surface area (Å²) in [5, 5.41) is 2.89. The van der Waals surface area contributed by atoms with Crippen LogP contribution in [0.25, 0.3) is 11.0 Å². The first kappa shape index (κ1) is 20.4. The number of hydrogen-bond donors (Lipinski definition) is 2. The minimum Gasteiger partial charge on any atom is -0.494 e. The number of benzene rings is 2. The Morgan fingerprint density at radius 1 is 1.14 bits per heavy atom. The van der Waals surface area contributed by atoms with Gasteiger partial charge in [0, 0.05) is 17.8 Å². The number of ether oxygens (including phenoxy) is 1. The monoisotopic (exact) mass is 395 g/mol. The van der Waals surface area contributed by atoms with Crippen LogP contribution >= 0.6 is 0 Å². The molecule has 0 aliphatic rings. The molecular weight excluding hydrogens is 370 g/mol. The quantitative estimate of drug-likeness (QED) is 0.473. The van der Waals surface area contributed by atoms with Gasteiger partial charge in [-0.25, -0.2) is 0 Å². The van der Waals surface area contributed by atoms with Crippen molar-refractivity contribution in [2.45, 2.75) is 40.2 Å². The van der Waals surface area contributed by atoms with E-state index in [-0.39, 0.29) is 5.91 Å². The molecule has 0 aliphatic heterocycles. The maximum absolute atomic E-state index is 12.7. The number of unbranched alkanes of at least 4 members (excludes halogenated alkanes) is 1. The standard InChI is InChI=1S/C22H25N3O4/c1-4-6-11-29-16-8-9-17(14(3)12-16)23-20(26)15-7-10-19-18(13-15)24-21(27)22(28)25(19)5-2/h7-10,12-13H,4-6,11H2,1-3H3,(H,23,26)(H,24,27). The van der Waals surface area contributed by atoms with Gasteiger partial charge >= 0.3 is 11.1 Å². The average molecular weight is 395 g/mol. The van der Waals surface area contributed by atoms with Crippen LogP contribution in [0.15, 0.2) is 46.0 Å². The van der Waals surface area contributed by atoms with Crippen molar-refractivity contribution in [2.75, 3.05) is 11.9 Å². The number of carbonyl (C=O) groups excluding carboxylic acids is 1. The van der Waals surface area contributed by atoms with Gasteiger partial charge in [0.05, 0.1) is 17.6 Å². The van der Waals surface area contributed by atoms with Crippen LogP contribution in [0, 0.1) is 6.92 Å². The van der Waals surface area contributed by atoms with Gasteiger partial charge in [-0.05, 0) is 62.2 Å². The molecule has 152 valence electrons. The largest absolute Gasteiger partial charge is 0.494 e. The molecule has 3 aromatic rings. The molecule has 1 aromatic heterocycles. The van der Waals surface area contributed by atoms with Crippen LogP contribution in [0.5, 0.6) is 5.75 Å². The number of nitrogens with one attached hydrogen (secondary N) is 2. The van der Waals surface area contributed by atoms with Crippen LogP contribution in [0.2, 0.25) is 0 Å². The van der Waals surface area contributed by atoms with Crippen LogP contribution < -0.4 is 21.2 Å². The molecule has 0 fully saturated rings. The highest BCUT2D eigenvalue weighted by Gasteiger charge is 2.12. The van der Waals surface area contributed by atoms with E-state index >= 15 is 0 Å². The smallest absolute Gasteiger partial charge is 0.316 e. The highest BCUT2D eigenvalue weighted by molar-refractivity contribution is 6.06. The first-order valence-corrected chi connectivity index (χ1v) is 9.76. The molecule has 0 spiro atoms. The molecule has 0 bridgehead atoms. The fourth-order valence-electron chi connectivity index (χ4n) is 3.13. The van der Waals surface area contributed by atoms with Gasteiger partial charge in [0.1, 0.15) is 5.75 Å². The predicted octanol–water partition coefficient (Wildman–Crippen LogP) is 3.45. The Labute approximate surface area is 168 Å². The summed E-state index contributed by atoms with van der Waals surface area (Å²) >= 11 is 0. The van der Waals surface area contributed by atoms with E-state index in [0.29, 0.717) is 35.4 Å². The molecule has 0 atom stereocenters.